The maximum atomic E-state index is 5.37. The molecule has 1 unspecified atom stereocenters. The van der Waals surface area contributed by atoms with Gasteiger partial charge < -0.3 is 4.74 Å². The Kier molecular flexibility index (Phi) is 5.00. The smallest absolute Gasteiger partial charge is 0.138 e. The lowest BCUT2D eigenvalue weighted by molar-refractivity contribution is 0.144. The number of benzene rings is 1. The van der Waals surface area contributed by atoms with Crippen molar-refractivity contribution < 1.29 is 4.74 Å². The van der Waals surface area contributed by atoms with Crippen molar-refractivity contribution in [2.75, 3.05) is 20.2 Å². The van der Waals surface area contributed by atoms with E-state index in [0.717, 1.165) is 31.8 Å². The first kappa shape index (κ1) is 15.0. The molecule has 1 saturated heterocycles. The fourth-order valence-corrected chi connectivity index (χ4v) is 3.20. The number of methoxy groups -OCH3 is 1. The Morgan fingerprint density at radius 2 is 2.23 bits per heavy atom. The molecule has 2 heterocycles. The van der Waals surface area contributed by atoms with Crippen molar-refractivity contribution in [2.45, 2.75) is 38.3 Å². The van der Waals surface area contributed by atoms with E-state index in [1.54, 1.807) is 18.1 Å². The van der Waals surface area contributed by atoms with E-state index in [0.29, 0.717) is 6.04 Å². The van der Waals surface area contributed by atoms with E-state index in [1.165, 1.54) is 24.8 Å². The van der Waals surface area contributed by atoms with Crippen molar-refractivity contribution in [1.29, 1.82) is 0 Å². The zero-order chi connectivity index (χ0) is 15.2. The number of rotatable bonds is 6. The third-order valence-corrected chi connectivity index (χ3v) is 4.32. The van der Waals surface area contributed by atoms with Gasteiger partial charge in [-0.05, 0) is 53.9 Å². The molecule has 0 N–H and O–H groups in total. The van der Waals surface area contributed by atoms with E-state index in [9.17, 15) is 0 Å². The quantitative estimate of drug-likeness (QED) is 0.819. The van der Waals surface area contributed by atoms with Crippen LogP contribution in [0.2, 0.25) is 0 Å². The Hall–Kier alpha value is -1.95. The van der Waals surface area contributed by atoms with Gasteiger partial charge in [0.1, 0.15) is 12.1 Å². The number of likely N-dealkylation sites (tertiary alicyclic amines) is 1. The van der Waals surface area contributed by atoms with Crippen molar-refractivity contribution >= 4 is 0 Å². The Morgan fingerprint density at radius 3 is 3.05 bits per heavy atom. The van der Waals surface area contributed by atoms with Gasteiger partial charge in [0.15, 0.2) is 0 Å². The lowest BCUT2D eigenvalue weighted by Crippen LogP contribution is -2.34. The van der Waals surface area contributed by atoms with Crippen LogP contribution in [-0.2, 0) is 6.54 Å². The molecule has 3 rings (SSSR count). The highest BCUT2D eigenvalue weighted by atomic mass is 16.5. The first-order valence-electron chi connectivity index (χ1n) is 7.95. The number of nitrogens with zero attached hydrogens (tertiary/aromatic N) is 5. The van der Waals surface area contributed by atoms with Crippen LogP contribution in [0.25, 0.3) is 0 Å². The van der Waals surface area contributed by atoms with Crippen molar-refractivity contribution in [2.24, 2.45) is 0 Å². The van der Waals surface area contributed by atoms with Gasteiger partial charge in [0.05, 0.1) is 7.11 Å². The standard InChI is InChI=1S/C16H23N5O/c1-22-15-7-4-6-14(12-15)16-8-2-3-9-20(16)10-5-11-21-13-17-18-19-21/h4,6-7,12-13,16H,2-3,5,8-11H2,1H3. The molecule has 1 atom stereocenters. The van der Waals surface area contributed by atoms with Gasteiger partial charge in [0.25, 0.3) is 0 Å². The van der Waals surface area contributed by atoms with Gasteiger partial charge in [-0.15, -0.1) is 5.10 Å². The zero-order valence-corrected chi connectivity index (χ0v) is 13.1. The summed E-state index contributed by atoms with van der Waals surface area (Å²) in [6, 6.07) is 8.98. The highest BCUT2D eigenvalue weighted by molar-refractivity contribution is 5.30. The van der Waals surface area contributed by atoms with Crippen LogP contribution in [0.5, 0.6) is 5.75 Å². The summed E-state index contributed by atoms with van der Waals surface area (Å²) >= 11 is 0. The average Bonchev–Trinajstić information content (AvgIpc) is 3.09. The number of aryl methyl sites for hydroxylation is 1. The molecule has 1 aliphatic heterocycles. The summed E-state index contributed by atoms with van der Waals surface area (Å²) in [6.45, 7) is 3.10. The highest BCUT2D eigenvalue weighted by Crippen LogP contribution is 2.32. The molecule has 0 radical (unpaired) electrons. The molecule has 6 heteroatoms. The fraction of sp³-hybridized carbons (Fsp3) is 0.562. The van der Waals surface area contributed by atoms with E-state index in [2.05, 4.69) is 38.6 Å². The van der Waals surface area contributed by atoms with Crippen molar-refractivity contribution in [3.63, 3.8) is 0 Å². The monoisotopic (exact) mass is 301 g/mol. The Labute approximate surface area is 131 Å². The molecule has 2 aromatic rings. The summed E-state index contributed by atoms with van der Waals surface area (Å²) in [7, 11) is 1.73. The number of aromatic nitrogens is 4. The number of ether oxygens (including phenoxy) is 1. The second kappa shape index (κ2) is 7.35. The number of hydrogen-bond donors (Lipinski definition) is 0. The molecule has 1 aliphatic rings. The van der Waals surface area contributed by atoms with Gasteiger partial charge in [-0.25, -0.2) is 4.68 Å². The molecule has 0 aliphatic carbocycles. The highest BCUT2D eigenvalue weighted by Gasteiger charge is 2.23. The summed E-state index contributed by atoms with van der Waals surface area (Å²) in [5.74, 6) is 0.941. The molecule has 1 fully saturated rings. The minimum atomic E-state index is 0.498. The van der Waals surface area contributed by atoms with Gasteiger partial charge in [0, 0.05) is 19.1 Å². The number of hydrogen-bond acceptors (Lipinski definition) is 5. The van der Waals surface area contributed by atoms with Crippen LogP contribution in [0.1, 0.15) is 37.3 Å². The molecule has 0 spiro atoms. The molecule has 1 aromatic carbocycles. The summed E-state index contributed by atoms with van der Waals surface area (Å²) in [5, 5.41) is 11.3. The van der Waals surface area contributed by atoms with Crippen molar-refractivity contribution in [3.8, 4) is 5.75 Å². The third-order valence-electron chi connectivity index (χ3n) is 4.32. The predicted octanol–water partition coefficient (Wildman–Crippen LogP) is 2.30. The molecule has 0 amide bonds. The van der Waals surface area contributed by atoms with Gasteiger partial charge in [-0.2, -0.15) is 0 Å². The molecular formula is C16H23N5O. The van der Waals surface area contributed by atoms with Gasteiger partial charge in [0.2, 0.25) is 0 Å². The first-order chi connectivity index (χ1) is 10.9. The summed E-state index contributed by atoms with van der Waals surface area (Å²) in [5.41, 5.74) is 1.36. The van der Waals surface area contributed by atoms with Gasteiger partial charge in [-0.1, -0.05) is 18.6 Å². The average molecular weight is 301 g/mol. The van der Waals surface area contributed by atoms with Crippen LogP contribution in [0.15, 0.2) is 30.6 Å². The fourth-order valence-electron chi connectivity index (χ4n) is 3.20. The van der Waals surface area contributed by atoms with Crippen LogP contribution in [0.4, 0.5) is 0 Å². The summed E-state index contributed by atoms with van der Waals surface area (Å²) < 4.78 is 7.16. The van der Waals surface area contributed by atoms with Gasteiger partial charge in [-0.3, -0.25) is 4.90 Å². The zero-order valence-electron chi connectivity index (χ0n) is 13.1. The lowest BCUT2D eigenvalue weighted by atomic mass is 9.95. The Bertz CT molecular complexity index is 572. The molecule has 118 valence electrons. The second-order valence-electron chi connectivity index (χ2n) is 5.75. The van der Waals surface area contributed by atoms with E-state index < -0.39 is 0 Å². The van der Waals surface area contributed by atoms with Crippen LogP contribution in [0, 0.1) is 0 Å². The molecule has 0 bridgehead atoms. The minimum Gasteiger partial charge on any atom is -0.497 e. The largest absolute Gasteiger partial charge is 0.497 e. The third kappa shape index (κ3) is 3.62. The van der Waals surface area contributed by atoms with Crippen LogP contribution >= 0.6 is 0 Å². The van der Waals surface area contributed by atoms with E-state index >= 15 is 0 Å². The lowest BCUT2D eigenvalue weighted by Gasteiger charge is -2.36. The molecule has 0 saturated carbocycles. The molecule has 22 heavy (non-hydrogen) atoms. The minimum absolute atomic E-state index is 0.498. The molecule has 6 nitrogen and oxygen atoms in total. The summed E-state index contributed by atoms with van der Waals surface area (Å²) in [6.07, 6.45) is 6.54. The van der Waals surface area contributed by atoms with Crippen LogP contribution in [-0.4, -0.2) is 45.3 Å². The summed E-state index contributed by atoms with van der Waals surface area (Å²) in [4.78, 5) is 2.59. The second-order valence-corrected chi connectivity index (χ2v) is 5.75. The van der Waals surface area contributed by atoms with E-state index in [-0.39, 0.29) is 0 Å². The molecule has 1 aromatic heterocycles. The Balaban J connectivity index is 1.62. The van der Waals surface area contributed by atoms with E-state index in [1.807, 2.05) is 6.07 Å². The van der Waals surface area contributed by atoms with E-state index in [4.69, 9.17) is 4.74 Å². The number of piperidine rings is 1. The van der Waals surface area contributed by atoms with Crippen molar-refractivity contribution in [3.05, 3.63) is 36.2 Å². The van der Waals surface area contributed by atoms with Crippen LogP contribution < -0.4 is 4.74 Å². The van der Waals surface area contributed by atoms with Crippen LogP contribution in [0.3, 0.4) is 0 Å². The Morgan fingerprint density at radius 1 is 1.27 bits per heavy atom. The maximum absolute atomic E-state index is 5.37. The first-order valence-corrected chi connectivity index (χ1v) is 7.95. The topological polar surface area (TPSA) is 56.1 Å². The van der Waals surface area contributed by atoms with Gasteiger partial charge >= 0.3 is 0 Å². The maximum Gasteiger partial charge on any atom is 0.138 e. The molecular weight excluding hydrogens is 278 g/mol. The number of tetrazole rings is 1. The SMILES string of the molecule is COc1cccc(C2CCCCN2CCCn2cnnn2)c1. The predicted molar refractivity (Wildman–Crippen MR) is 83.6 cm³/mol. The normalized spacial score (nSPS) is 19.2. The van der Waals surface area contributed by atoms with Crippen molar-refractivity contribution in [1.82, 2.24) is 25.1 Å².